The van der Waals surface area contributed by atoms with Gasteiger partial charge in [0.2, 0.25) is 5.91 Å². The van der Waals surface area contributed by atoms with Crippen LogP contribution in [0.15, 0.2) is 48.5 Å². The fourth-order valence-electron chi connectivity index (χ4n) is 3.77. The molecule has 1 amide bonds. The van der Waals surface area contributed by atoms with Crippen LogP contribution in [0.4, 0.5) is 0 Å². The second kappa shape index (κ2) is 7.32. The third-order valence-electron chi connectivity index (χ3n) is 5.60. The highest BCUT2D eigenvalue weighted by Crippen LogP contribution is 2.49. The molecule has 2 N–H and O–H groups in total. The van der Waals surface area contributed by atoms with Gasteiger partial charge >= 0.3 is 0 Å². The molecule has 6 heteroatoms. The van der Waals surface area contributed by atoms with Crippen LogP contribution < -0.4 is 10.5 Å². The molecule has 1 heterocycles. The largest absolute Gasteiger partial charge is 0.496 e. The first-order chi connectivity index (χ1) is 13.9. The fraction of sp³-hybridized carbons (Fsp3) is 0.217. The Kier molecular flexibility index (Phi) is 4.97. The van der Waals surface area contributed by atoms with Gasteiger partial charge in [-0.1, -0.05) is 48.0 Å². The number of nitrogens with two attached hydrogens (primary N) is 1. The minimum Gasteiger partial charge on any atom is -0.496 e. The standard InChI is InChI=1S/C23H20ClNO3S/c1-13(26)23(9-10-23)16-6-3-14(4-7-16)17-8-5-15(11-19(17)28-2)21-18(22(25)27)12-20(24)29-21/h3-8,11-12H,9-10H2,1-2H3,(H2,25,27). The number of amides is 1. The molecule has 2 aromatic carbocycles. The first-order valence-corrected chi connectivity index (χ1v) is 10.4. The molecule has 1 aromatic heterocycles. The second-order valence-corrected chi connectivity index (χ2v) is 8.97. The Hall–Kier alpha value is -2.63. The maximum Gasteiger partial charge on any atom is 0.250 e. The summed E-state index contributed by atoms with van der Waals surface area (Å²) in [6, 6.07) is 15.5. The zero-order chi connectivity index (χ0) is 20.8. The molecule has 0 atom stereocenters. The van der Waals surface area contributed by atoms with Crippen LogP contribution in [0.25, 0.3) is 21.6 Å². The third-order valence-corrected chi connectivity index (χ3v) is 6.92. The normalized spacial score (nSPS) is 14.4. The lowest BCUT2D eigenvalue weighted by atomic mass is 9.90. The second-order valence-electron chi connectivity index (χ2n) is 7.29. The number of methoxy groups -OCH3 is 1. The molecule has 1 saturated carbocycles. The van der Waals surface area contributed by atoms with Crippen molar-refractivity contribution < 1.29 is 14.3 Å². The van der Waals surface area contributed by atoms with Crippen molar-refractivity contribution in [1.29, 1.82) is 0 Å². The number of hydrogen-bond donors (Lipinski definition) is 1. The van der Waals surface area contributed by atoms with E-state index in [9.17, 15) is 9.59 Å². The lowest BCUT2D eigenvalue weighted by molar-refractivity contribution is -0.119. The Morgan fingerprint density at radius 1 is 1.07 bits per heavy atom. The minimum absolute atomic E-state index is 0.229. The van der Waals surface area contributed by atoms with E-state index >= 15 is 0 Å². The van der Waals surface area contributed by atoms with Crippen LogP contribution >= 0.6 is 22.9 Å². The number of ketones is 1. The Morgan fingerprint density at radius 3 is 2.28 bits per heavy atom. The summed E-state index contributed by atoms with van der Waals surface area (Å²) in [5.74, 6) is 0.399. The van der Waals surface area contributed by atoms with Crippen molar-refractivity contribution in [1.82, 2.24) is 0 Å². The topological polar surface area (TPSA) is 69.4 Å². The molecule has 0 spiro atoms. The third kappa shape index (κ3) is 3.45. The molecule has 0 aliphatic heterocycles. The molecular weight excluding hydrogens is 406 g/mol. The van der Waals surface area contributed by atoms with E-state index in [1.807, 2.05) is 42.5 Å². The number of ether oxygens (including phenoxy) is 1. The van der Waals surface area contributed by atoms with Gasteiger partial charge in [0.1, 0.15) is 11.5 Å². The van der Waals surface area contributed by atoms with Gasteiger partial charge in [-0.2, -0.15) is 0 Å². The number of thiophene rings is 1. The summed E-state index contributed by atoms with van der Waals surface area (Å²) in [4.78, 5) is 24.4. The summed E-state index contributed by atoms with van der Waals surface area (Å²) in [6.07, 6.45) is 1.84. The molecule has 29 heavy (non-hydrogen) atoms. The number of carbonyl (C=O) groups is 2. The predicted octanol–water partition coefficient (Wildman–Crippen LogP) is 5.46. The number of primary amides is 1. The summed E-state index contributed by atoms with van der Waals surface area (Å²) in [7, 11) is 1.61. The quantitative estimate of drug-likeness (QED) is 0.569. The maximum atomic E-state index is 12.0. The van der Waals surface area contributed by atoms with E-state index in [1.165, 1.54) is 11.3 Å². The smallest absolute Gasteiger partial charge is 0.250 e. The van der Waals surface area contributed by atoms with Crippen LogP contribution in [0.3, 0.4) is 0 Å². The van der Waals surface area contributed by atoms with Gasteiger partial charge in [0.25, 0.3) is 0 Å². The van der Waals surface area contributed by atoms with Gasteiger partial charge in [0.15, 0.2) is 0 Å². The summed E-state index contributed by atoms with van der Waals surface area (Å²) < 4.78 is 6.12. The summed E-state index contributed by atoms with van der Waals surface area (Å²) in [5.41, 5.74) is 9.42. The average Bonchev–Trinajstić information content (AvgIpc) is 3.44. The Morgan fingerprint density at radius 2 is 1.72 bits per heavy atom. The van der Waals surface area contributed by atoms with E-state index in [0.717, 1.165) is 40.0 Å². The molecule has 0 bridgehead atoms. The summed E-state index contributed by atoms with van der Waals surface area (Å²) in [5, 5.41) is 0. The van der Waals surface area contributed by atoms with Crippen LogP contribution in [0.1, 0.15) is 35.7 Å². The number of Topliss-reactive ketones (excluding diaryl/α,β-unsaturated/α-hetero) is 1. The average molecular weight is 426 g/mol. The van der Waals surface area contributed by atoms with Crippen LogP contribution in [-0.2, 0) is 10.2 Å². The first-order valence-electron chi connectivity index (χ1n) is 9.25. The van der Waals surface area contributed by atoms with E-state index in [4.69, 9.17) is 22.1 Å². The van der Waals surface area contributed by atoms with Crippen LogP contribution in [0, 0.1) is 0 Å². The lowest BCUT2D eigenvalue weighted by Crippen LogP contribution is -2.16. The minimum atomic E-state index is -0.513. The highest BCUT2D eigenvalue weighted by atomic mass is 35.5. The Labute approximate surface area is 178 Å². The number of rotatable bonds is 6. The predicted molar refractivity (Wildman–Crippen MR) is 117 cm³/mol. The Bertz CT molecular complexity index is 1110. The van der Waals surface area contributed by atoms with Gasteiger partial charge in [-0.25, -0.2) is 0 Å². The summed E-state index contributed by atoms with van der Waals surface area (Å²) in [6.45, 7) is 1.67. The van der Waals surface area contributed by atoms with E-state index < -0.39 is 5.91 Å². The van der Waals surface area contributed by atoms with Crippen molar-refractivity contribution in [3.63, 3.8) is 0 Å². The fourth-order valence-corrected chi connectivity index (χ4v) is 4.99. The van der Waals surface area contributed by atoms with Crippen LogP contribution in [0.2, 0.25) is 4.34 Å². The molecule has 1 aliphatic rings. The maximum absolute atomic E-state index is 12.0. The van der Waals surface area contributed by atoms with Gasteiger partial charge in [-0.3, -0.25) is 9.59 Å². The molecule has 4 nitrogen and oxygen atoms in total. The molecule has 0 saturated heterocycles. The monoisotopic (exact) mass is 425 g/mol. The number of halogens is 1. The van der Waals surface area contributed by atoms with Gasteiger partial charge in [0, 0.05) is 10.4 Å². The molecule has 0 unspecified atom stereocenters. The van der Waals surface area contributed by atoms with Crippen LogP contribution in [-0.4, -0.2) is 18.8 Å². The van der Waals surface area contributed by atoms with Gasteiger partial charge < -0.3 is 10.5 Å². The van der Waals surface area contributed by atoms with Gasteiger partial charge in [0.05, 0.1) is 22.4 Å². The van der Waals surface area contributed by atoms with E-state index in [0.29, 0.717) is 15.6 Å². The highest BCUT2D eigenvalue weighted by Gasteiger charge is 2.48. The SMILES string of the molecule is COc1cc(-c2sc(Cl)cc2C(N)=O)ccc1-c1ccc(C2(C(C)=O)CC2)cc1. The molecule has 148 valence electrons. The molecule has 1 aliphatic carbocycles. The molecule has 0 radical (unpaired) electrons. The molecule has 4 rings (SSSR count). The molecule has 3 aromatic rings. The number of benzene rings is 2. The first kappa shape index (κ1) is 19.7. The van der Waals surface area contributed by atoms with Gasteiger partial charge in [-0.15, -0.1) is 11.3 Å². The van der Waals surface area contributed by atoms with E-state index in [2.05, 4.69) is 0 Å². The van der Waals surface area contributed by atoms with E-state index in [1.54, 1.807) is 20.1 Å². The van der Waals surface area contributed by atoms with Crippen molar-refractivity contribution in [2.24, 2.45) is 5.73 Å². The number of carbonyl (C=O) groups excluding carboxylic acids is 2. The van der Waals surface area contributed by atoms with Crippen molar-refractivity contribution >= 4 is 34.6 Å². The van der Waals surface area contributed by atoms with Crippen molar-refractivity contribution in [3.05, 3.63) is 64.0 Å². The lowest BCUT2D eigenvalue weighted by Gasteiger charge is -2.14. The van der Waals surface area contributed by atoms with Crippen molar-refractivity contribution in [3.8, 4) is 27.3 Å². The van der Waals surface area contributed by atoms with E-state index in [-0.39, 0.29) is 11.2 Å². The zero-order valence-corrected chi connectivity index (χ0v) is 17.7. The van der Waals surface area contributed by atoms with Gasteiger partial charge in [-0.05, 0) is 48.6 Å². The summed E-state index contributed by atoms with van der Waals surface area (Å²) >= 11 is 7.40. The molecular formula is C23H20ClNO3S. The Balaban J connectivity index is 1.71. The highest BCUT2D eigenvalue weighted by molar-refractivity contribution is 7.19. The zero-order valence-electron chi connectivity index (χ0n) is 16.1. The molecule has 1 fully saturated rings. The van der Waals surface area contributed by atoms with Crippen molar-refractivity contribution in [2.75, 3.05) is 7.11 Å². The van der Waals surface area contributed by atoms with Crippen molar-refractivity contribution in [2.45, 2.75) is 25.2 Å². The number of hydrogen-bond acceptors (Lipinski definition) is 4. The van der Waals surface area contributed by atoms with Crippen LogP contribution in [0.5, 0.6) is 5.75 Å².